The minimum Gasteiger partial charge on any atom is -0.508 e. The highest BCUT2D eigenvalue weighted by molar-refractivity contribution is 5.27. The van der Waals surface area contributed by atoms with Gasteiger partial charge < -0.3 is 20.2 Å². The molecule has 0 amide bonds. The molecular weight excluding hydrogens is 268 g/mol. The Hall–Kier alpha value is -2.08. The van der Waals surface area contributed by atoms with Crippen LogP contribution in [0.15, 0.2) is 28.7 Å². The first kappa shape index (κ1) is 15.3. The van der Waals surface area contributed by atoms with Crippen molar-refractivity contribution in [1.29, 1.82) is 0 Å². The maximum Gasteiger partial charge on any atom is 0.315 e. The number of aromatic hydroxyl groups is 1. The lowest BCUT2D eigenvalue weighted by atomic mass is 10.1. The molecule has 6 heteroatoms. The van der Waals surface area contributed by atoms with Crippen LogP contribution in [0.2, 0.25) is 0 Å². The van der Waals surface area contributed by atoms with Gasteiger partial charge in [-0.3, -0.25) is 0 Å². The summed E-state index contributed by atoms with van der Waals surface area (Å²) in [6, 6.07) is 7.59. The molecule has 6 nitrogen and oxygen atoms in total. The molecular formula is C15H22N4O2. The van der Waals surface area contributed by atoms with Crippen LogP contribution in [-0.4, -0.2) is 28.4 Å². The van der Waals surface area contributed by atoms with Gasteiger partial charge in [0, 0.05) is 6.54 Å². The van der Waals surface area contributed by atoms with E-state index < -0.39 is 0 Å². The molecule has 21 heavy (non-hydrogen) atoms. The maximum atomic E-state index is 9.21. The van der Waals surface area contributed by atoms with Crippen LogP contribution < -0.4 is 10.6 Å². The Morgan fingerprint density at radius 2 is 1.95 bits per heavy atom. The van der Waals surface area contributed by atoms with Gasteiger partial charge in [0.2, 0.25) is 5.89 Å². The van der Waals surface area contributed by atoms with Crippen LogP contribution in [0, 0.1) is 5.92 Å². The minimum absolute atomic E-state index is 0.280. The van der Waals surface area contributed by atoms with Gasteiger partial charge in [0.25, 0.3) is 0 Å². The van der Waals surface area contributed by atoms with Crippen LogP contribution in [0.1, 0.15) is 25.3 Å². The molecule has 3 N–H and O–H groups in total. The summed E-state index contributed by atoms with van der Waals surface area (Å²) in [5.74, 6) is 1.46. The molecule has 0 aliphatic heterocycles. The first-order chi connectivity index (χ1) is 10.1. The Morgan fingerprint density at radius 1 is 1.19 bits per heavy atom. The summed E-state index contributed by atoms with van der Waals surface area (Å²) in [6.07, 6.45) is 0.823. The average Bonchev–Trinajstić information content (AvgIpc) is 2.88. The fraction of sp³-hybridized carbons (Fsp3) is 0.467. The van der Waals surface area contributed by atoms with Gasteiger partial charge in [-0.2, -0.15) is 0 Å². The highest BCUT2D eigenvalue weighted by Crippen LogP contribution is 2.10. The highest BCUT2D eigenvalue weighted by Gasteiger charge is 2.05. The van der Waals surface area contributed by atoms with Crippen LogP contribution in [-0.2, 0) is 13.0 Å². The third kappa shape index (κ3) is 5.43. The molecule has 0 fully saturated rings. The van der Waals surface area contributed by atoms with Crippen LogP contribution >= 0.6 is 0 Å². The van der Waals surface area contributed by atoms with Gasteiger partial charge in [-0.05, 0) is 36.6 Å². The first-order valence-electron chi connectivity index (χ1n) is 7.18. The summed E-state index contributed by atoms with van der Waals surface area (Å²) in [5, 5.41) is 23.5. The second kappa shape index (κ2) is 7.64. The molecule has 0 spiro atoms. The molecule has 0 radical (unpaired) electrons. The van der Waals surface area contributed by atoms with Gasteiger partial charge in [-0.25, -0.2) is 0 Å². The van der Waals surface area contributed by atoms with Gasteiger partial charge in [-0.1, -0.05) is 31.1 Å². The summed E-state index contributed by atoms with van der Waals surface area (Å²) in [4.78, 5) is 0. The normalized spacial score (nSPS) is 11.0. The molecule has 0 bridgehead atoms. The molecule has 1 aromatic carbocycles. The lowest BCUT2D eigenvalue weighted by molar-refractivity contribution is 0.458. The Bertz CT molecular complexity index is 537. The zero-order valence-corrected chi connectivity index (χ0v) is 12.5. The van der Waals surface area contributed by atoms with Crippen molar-refractivity contribution >= 4 is 6.01 Å². The average molecular weight is 290 g/mol. The van der Waals surface area contributed by atoms with Gasteiger partial charge in [0.15, 0.2) is 0 Å². The zero-order valence-electron chi connectivity index (χ0n) is 12.5. The Labute approximate surface area is 124 Å². The van der Waals surface area contributed by atoms with Crippen molar-refractivity contribution in [3.8, 4) is 5.75 Å². The van der Waals surface area contributed by atoms with Gasteiger partial charge in [0.1, 0.15) is 5.75 Å². The lowest BCUT2D eigenvalue weighted by Crippen LogP contribution is -2.19. The van der Waals surface area contributed by atoms with Crippen molar-refractivity contribution in [3.05, 3.63) is 35.7 Å². The predicted molar refractivity (Wildman–Crippen MR) is 81.1 cm³/mol. The van der Waals surface area contributed by atoms with Crippen LogP contribution in [0.25, 0.3) is 0 Å². The van der Waals surface area contributed by atoms with E-state index in [9.17, 15) is 5.11 Å². The standard InChI is InChI=1S/C15H22N4O2/c1-11(2)9-16-10-14-18-19-15(21-14)17-8-7-12-3-5-13(20)6-4-12/h3-6,11,16,20H,7-10H2,1-2H3,(H,17,19). The number of aromatic nitrogens is 2. The Balaban J connectivity index is 1.71. The Morgan fingerprint density at radius 3 is 2.67 bits per heavy atom. The SMILES string of the molecule is CC(C)CNCc1nnc(NCCc2ccc(O)cc2)o1. The second-order valence-corrected chi connectivity index (χ2v) is 5.37. The minimum atomic E-state index is 0.280. The molecule has 0 saturated heterocycles. The summed E-state index contributed by atoms with van der Waals surface area (Å²) in [7, 11) is 0. The number of hydrogen-bond donors (Lipinski definition) is 3. The molecule has 0 aliphatic rings. The van der Waals surface area contributed by atoms with Gasteiger partial charge in [0.05, 0.1) is 6.54 Å². The molecule has 0 atom stereocenters. The Kier molecular flexibility index (Phi) is 5.57. The predicted octanol–water partition coefficient (Wildman–Crippen LogP) is 2.18. The fourth-order valence-corrected chi connectivity index (χ4v) is 1.84. The van der Waals surface area contributed by atoms with Crippen LogP contribution in [0.4, 0.5) is 6.01 Å². The summed E-state index contributed by atoms with van der Waals surface area (Å²) in [6.45, 7) is 6.51. The van der Waals surface area contributed by atoms with Gasteiger partial charge >= 0.3 is 6.01 Å². The molecule has 114 valence electrons. The number of anilines is 1. The molecule has 1 aromatic heterocycles. The zero-order chi connectivity index (χ0) is 15.1. The molecule has 0 aliphatic carbocycles. The third-order valence-electron chi connectivity index (χ3n) is 2.92. The van der Waals surface area contributed by atoms with E-state index in [1.165, 1.54) is 0 Å². The van der Waals surface area contributed by atoms with E-state index in [2.05, 4.69) is 34.7 Å². The number of rotatable bonds is 8. The van der Waals surface area contributed by atoms with Crippen molar-refractivity contribution < 1.29 is 9.52 Å². The van der Waals surface area contributed by atoms with Crippen molar-refractivity contribution in [2.75, 3.05) is 18.4 Å². The van der Waals surface area contributed by atoms with Crippen molar-refractivity contribution in [2.45, 2.75) is 26.8 Å². The van der Waals surface area contributed by atoms with Crippen LogP contribution in [0.5, 0.6) is 5.75 Å². The van der Waals surface area contributed by atoms with E-state index in [0.717, 1.165) is 18.5 Å². The van der Waals surface area contributed by atoms with E-state index in [0.29, 0.717) is 30.9 Å². The van der Waals surface area contributed by atoms with E-state index in [1.807, 2.05) is 12.1 Å². The molecule has 0 saturated carbocycles. The molecule has 2 aromatic rings. The van der Waals surface area contributed by atoms with E-state index >= 15 is 0 Å². The van der Waals surface area contributed by atoms with E-state index in [-0.39, 0.29) is 5.75 Å². The lowest BCUT2D eigenvalue weighted by Gasteiger charge is -2.04. The number of nitrogens with zero attached hydrogens (tertiary/aromatic N) is 2. The number of nitrogens with one attached hydrogen (secondary N) is 2. The number of hydrogen-bond acceptors (Lipinski definition) is 6. The summed E-state index contributed by atoms with van der Waals surface area (Å²) in [5.41, 5.74) is 1.14. The van der Waals surface area contributed by atoms with E-state index in [4.69, 9.17) is 4.42 Å². The monoisotopic (exact) mass is 290 g/mol. The third-order valence-corrected chi connectivity index (χ3v) is 2.92. The quantitative estimate of drug-likeness (QED) is 0.691. The topological polar surface area (TPSA) is 83.2 Å². The first-order valence-corrected chi connectivity index (χ1v) is 7.18. The fourth-order valence-electron chi connectivity index (χ4n) is 1.84. The second-order valence-electron chi connectivity index (χ2n) is 5.37. The molecule has 1 heterocycles. The molecule has 0 unspecified atom stereocenters. The maximum absolute atomic E-state index is 9.21. The summed E-state index contributed by atoms with van der Waals surface area (Å²) >= 11 is 0. The number of benzene rings is 1. The van der Waals surface area contributed by atoms with Crippen LogP contribution in [0.3, 0.4) is 0 Å². The van der Waals surface area contributed by atoms with E-state index in [1.54, 1.807) is 12.1 Å². The van der Waals surface area contributed by atoms with Crippen molar-refractivity contribution in [3.63, 3.8) is 0 Å². The largest absolute Gasteiger partial charge is 0.508 e. The smallest absolute Gasteiger partial charge is 0.315 e. The van der Waals surface area contributed by atoms with Gasteiger partial charge in [-0.15, -0.1) is 5.10 Å². The van der Waals surface area contributed by atoms with Crippen molar-refractivity contribution in [1.82, 2.24) is 15.5 Å². The highest BCUT2D eigenvalue weighted by atomic mass is 16.4. The van der Waals surface area contributed by atoms with Crippen molar-refractivity contribution in [2.24, 2.45) is 5.92 Å². The molecule has 2 rings (SSSR count). The summed E-state index contributed by atoms with van der Waals surface area (Å²) < 4.78 is 5.49. The number of phenols is 1. The number of phenolic OH excluding ortho intramolecular Hbond substituents is 1.